The quantitative estimate of drug-likeness (QED) is 0.697. The average molecular weight is 244 g/mol. The normalized spacial score (nSPS) is 17.1. The molecule has 1 amide bonds. The van der Waals surface area contributed by atoms with Gasteiger partial charge in [0, 0.05) is 20.2 Å². The number of ether oxygens (including phenoxy) is 2. The highest BCUT2D eigenvalue weighted by molar-refractivity contribution is 5.77. The van der Waals surface area contributed by atoms with Gasteiger partial charge in [-0.05, 0) is 32.9 Å². The fourth-order valence-corrected chi connectivity index (χ4v) is 1.90. The van der Waals surface area contributed by atoms with Gasteiger partial charge < -0.3 is 19.7 Å². The molecule has 1 aliphatic rings. The van der Waals surface area contributed by atoms with Crippen LogP contribution in [0.1, 0.15) is 19.8 Å². The first kappa shape index (κ1) is 14.4. The fourth-order valence-electron chi connectivity index (χ4n) is 1.90. The van der Waals surface area contributed by atoms with Gasteiger partial charge in [0.1, 0.15) is 6.61 Å². The van der Waals surface area contributed by atoms with Crippen LogP contribution < -0.4 is 5.32 Å². The van der Waals surface area contributed by atoms with Gasteiger partial charge in [-0.1, -0.05) is 0 Å². The molecule has 1 rings (SSSR count). The van der Waals surface area contributed by atoms with Crippen molar-refractivity contribution < 1.29 is 14.3 Å². The van der Waals surface area contributed by atoms with Crippen molar-refractivity contribution in [1.29, 1.82) is 0 Å². The molecule has 1 saturated heterocycles. The van der Waals surface area contributed by atoms with Crippen molar-refractivity contribution in [2.45, 2.75) is 25.9 Å². The Kier molecular flexibility index (Phi) is 7.16. The molecule has 5 nitrogen and oxygen atoms in total. The molecule has 0 aliphatic carbocycles. The van der Waals surface area contributed by atoms with Crippen LogP contribution in [0.3, 0.4) is 0 Å². The summed E-state index contributed by atoms with van der Waals surface area (Å²) in [5.74, 6) is 0.0584. The Balaban J connectivity index is 2.21. The highest BCUT2D eigenvalue weighted by Gasteiger charge is 2.17. The summed E-state index contributed by atoms with van der Waals surface area (Å²) in [6, 6.07) is 0. The summed E-state index contributed by atoms with van der Waals surface area (Å²) in [5.41, 5.74) is 0. The molecule has 0 aromatic heterocycles. The Morgan fingerprint density at radius 3 is 2.71 bits per heavy atom. The second kappa shape index (κ2) is 8.44. The van der Waals surface area contributed by atoms with E-state index in [1.165, 1.54) is 0 Å². The van der Waals surface area contributed by atoms with Gasteiger partial charge in [0.2, 0.25) is 5.91 Å². The van der Waals surface area contributed by atoms with Gasteiger partial charge in [0.25, 0.3) is 0 Å². The minimum atomic E-state index is 0.0584. The lowest BCUT2D eigenvalue weighted by atomic mass is 10.1. The number of nitrogens with zero attached hydrogens (tertiary/aromatic N) is 1. The number of nitrogens with one attached hydrogen (secondary N) is 1. The van der Waals surface area contributed by atoms with Crippen LogP contribution in [0.2, 0.25) is 0 Å². The zero-order chi connectivity index (χ0) is 12.5. The standard InChI is InChI=1S/C12H24N2O3/c1-3-14(8-9-16-2)12(15)10-17-11-4-6-13-7-5-11/h11,13H,3-10H2,1-2H3. The number of carbonyl (C=O) groups excluding carboxylic acids is 1. The van der Waals surface area contributed by atoms with Crippen molar-refractivity contribution in [2.24, 2.45) is 0 Å². The second-order valence-corrected chi connectivity index (χ2v) is 4.23. The molecule has 17 heavy (non-hydrogen) atoms. The van der Waals surface area contributed by atoms with Crippen LogP contribution in [0.4, 0.5) is 0 Å². The van der Waals surface area contributed by atoms with Crippen LogP contribution in [0.5, 0.6) is 0 Å². The van der Waals surface area contributed by atoms with E-state index in [-0.39, 0.29) is 18.6 Å². The maximum atomic E-state index is 11.9. The minimum absolute atomic E-state index is 0.0584. The maximum Gasteiger partial charge on any atom is 0.248 e. The van der Waals surface area contributed by atoms with Gasteiger partial charge in [0.05, 0.1) is 12.7 Å². The van der Waals surface area contributed by atoms with Gasteiger partial charge in [-0.2, -0.15) is 0 Å². The summed E-state index contributed by atoms with van der Waals surface area (Å²) in [6.07, 6.45) is 2.23. The molecule has 0 spiro atoms. The monoisotopic (exact) mass is 244 g/mol. The molecular weight excluding hydrogens is 220 g/mol. The van der Waals surface area contributed by atoms with E-state index in [9.17, 15) is 4.79 Å². The van der Waals surface area contributed by atoms with E-state index in [4.69, 9.17) is 9.47 Å². The molecular formula is C12H24N2O3. The zero-order valence-electron chi connectivity index (χ0n) is 10.9. The Morgan fingerprint density at radius 2 is 2.12 bits per heavy atom. The van der Waals surface area contributed by atoms with Gasteiger partial charge in [-0.15, -0.1) is 0 Å². The Labute approximate surface area is 103 Å². The molecule has 1 fully saturated rings. The summed E-state index contributed by atoms with van der Waals surface area (Å²) in [7, 11) is 1.64. The third kappa shape index (κ3) is 5.48. The lowest BCUT2D eigenvalue weighted by molar-refractivity contribution is -0.139. The Hall–Kier alpha value is -0.650. The van der Waals surface area contributed by atoms with Crippen molar-refractivity contribution in [3.8, 4) is 0 Å². The van der Waals surface area contributed by atoms with E-state index in [1.54, 1.807) is 12.0 Å². The van der Waals surface area contributed by atoms with E-state index in [0.717, 1.165) is 25.9 Å². The fraction of sp³-hybridized carbons (Fsp3) is 0.917. The summed E-state index contributed by atoms with van der Waals surface area (Å²) in [4.78, 5) is 13.6. The van der Waals surface area contributed by atoms with E-state index >= 15 is 0 Å². The van der Waals surface area contributed by atoms with Crippen molar-refractivity contribution in [3.05, 3.63) is 0 Å². The SMILES string of the molecule is CCN(CCOC)C(=O)COC1CCNCC1. The zero-order valence-corrected chi connectivity index (χ0v) is 10.9. The van der Waals surface area contributed by atoms with Crippen LogP contribution in [-0.4, -0.2) is 63.4 Å². The number of hydrogen-bond acceptors (Lipinski definition) is 4. The second-order valence-electron chi connectivity index (χ2n) is 4.23. The molecule has 1 N–H and O–H groups in total. The minimum Gasteiger partial charge on any atom is -0.383 e. The molecule has 100 valence electrons. The number of carbonyl (C=O) groups is 1. The number of amides is 1. The lowest BCUT2D eigenvalue weighted by Crippen LogP contribution is -2.39. The Morgan fingerprint density at radius 1 is 1.41 bits per heavy atom. The number of rotatable bonds is 7. The van der Waals surface area contributed by atoms with Crippen molar-refractivity contribution in [2.75, 3.05) is 46.5 Å². The topological polar surface area (TPSA) is 50.8 Å². The highest BCUT2D eigenvalue weighted by Crippen LogP contribution is 2.07. The average Bonchev–Trinajstić information content (AvgIpc) is 2.38. The van der Waals surface area contributed by atoms with Crippen LogP contribution in [0, 0.1) is 0 Å². The number of piperidine rings is 1. The van der Waals surface area contributed by atoms with E-state index < -0.39 is 0 Å². The molecule has 1 heterocycles. The maximum absolute atomic E-state index is 11.9. The van der Waals surface area contributed by atoms with Crippen molar-refractivity contribution in [1.82, 2.24) is 10.2 Å². The summed E-state index contributed by atoms with van der Waals surface area (Å²) >= 11 is 0. The van der Waals surface area contributed by atoms with Gasteiger partial charge >= 0.3 is 0 Å². The van der Waals surface area contributed by atoms with Gasteiger partial charge in [0.15, 0.2) is 0 Å². The van der Waals surface area contributed by atoms with Crippen molar-refractivity contribution >= 4 is 5.91 Å². The first-order valence-corrected chi connectivity index (χ1v) is 6.37. The number of hydrogen-bond donors (Lipinski definition) is 1. The van der Waals surface area contributed by atoms with Crippen LogP contribution >= 0.6 is 0 Å². The summed E-state index contributed by atoms with van der Waals surface area (Å²) < 4.78 is 10.6. The first-order chi connectivity index (χ1) is 8.27. The molecule has 0 aromatic rings. The summed E-state index contributed by atoms with van der Waals surface area (Å²) in [6.45, 7) is 6.06. The smallest absolute Gasteiger partial charge is 0.248 e. The van der Waals surface area contributed by atoms with Gasteiger partial charge in [-0.25, -0.2) is 0 Å². The lowest BCUT2D eigenvalue weighted by Gasteiger charge is -2.25. The predicted molar refractivity (Wildman–Crippen MR) is 66.0 cm³/mol. The molecule has 0 unspecified atom stereocenters. The van der Waals surface area contributed by atoms with Gasteiger partial charge in [-0.3, -0.25) is 4.79 Å². The highest BCUT2D eigenvalue weighted by atomic mass is 16.5. The third-order valence-corrected chi connectivity index (χ3v) is 3.03. The van der Waals surface area contributed by atoms with E-state index in [0.29, 0.717) is 19.7 Å². The van der Waals surface area contributed by atoms with Crippen LogP contribution in [-0.2, 0) is 14.3 Å². The molecule has 0 aromatic carbocycles. The number of methoxy groups -OCH3 is 1. The molecule has 0 saturated carbocycles. The molecule has 0 radical (unpaired) electrons. The van der Waals surface area contributed by atoms with Crippen LogP contribution in [0.25, 0.3) is 0 Å². The summed E-state index contributed by atoms with van der Waals surface area (Å²) in [5, 5.41) is 3.27. The Bertz CT molecular complexity index is 218. The largest absolute Gasteiger partial charge is 0.383 e. The molecule has 0 bridgehead atoms. The third-order valence-electron chi connectivity index (χ3n) is 3.03. The molecule has 1 aliphatic heterocycles. The predicted octanol–water partition coefficient (Wildman–Crippen LogP) is 0.250. The number of likely N-dealkylation sites (N-methyl/N-ethyl adjacent to an activating group) is 1. The molecule has 5 heteroatoms. The van der Waals surface area contributed by atoms with E-state index in [2.05, 4.69) is 5.32 Å². The van der Waals surface area contributed by atoms with Crippen molar-refractivity contribution in [3.63, 3.8) is 0 Å². The van der Waals surface area contributed by atoms with Crippen LogP contribution in [0.15, 0.2) is 0 Å². The first-order valence-electron chi connectivity index (χ1n) is 6.37. The molecule has 0 atom stereocenters. The van der Waals surface area contributed by atoms with E-state index in [1.807, 2.05) is 6.92 Å².